The predicted molar refractivity (Wildman–Crippen MR) is 63.3 cm³/mol. The van der Waals surface area contributed by atoms with Crippen molar-refractivity contribution < 1.29 is 9.53 Å². The number of hydrogen-bond donors (Lipinski definition) is 1. The van der Waals surface area contributed by atoms with Crippen molar-refractivity contribution >= 4 is 5.97 Å². The normalized spacial score (nSPS) is 12.6. The fourth-order valence-electron chi connectivity index (χ4n) is 2.04. The van der Waals surface area contributed by atoms with Crippen LogP contribution in [-0.4, -0.2) is 23.7 Å². The molecule has 1 heterocycles. The highest BCUT2D eigenvalue weighted by Gasteiger charge is 2.17. The first kappa shape index (κ1) is 12.8. The highest BCUT2D eigenvalue weighted by atomic mass is 16.5. The summed E-state index contributed by atoms with van der Waals surface area (Å²) in [5.74, 6) is -0.360. The number of esters is 1. The molecule has 0 aliphatic rings. The molecular weight excluding hydrogens is 204 g/mol. The second-order valence-electron chi connectivity index (χ2n) is 3.97. The Balaban J connectivity index is 2.86. The topological polar surface area (TPSA) is 57.2 Å². The molecular formula is C12H20N2O2. The van der Waals surface area contributed by atoms with Crippen molar-refractivity contribution in [2.75, 3.05) is 7.11 Å². The summed E-state index contributed by atoms with van der Waals surface area (Å²) in [6.45, 7) is 7.15. The van der Waals surface area contributed by atoms with E-state index >= 15 is 0 Å². The molecule has 0 bridgehead atoms. The molecule has 0 aliphatic heterocycles. The minimum Gasteiger partial charge on any atom is -0.468 e. The van der Waals surface area contributed by atoms with Gasteiger partial charge in [-0.3, -0.25) is 4.79 Å². The van der Waals surface area contributed by atoms with Crippen LogP contribution in [0, 0.1) is 13.8 Å². The molecule has 1 rings (SSSR count). The highest BCUT2D eigenvalue weighted by molar-refractivity contribution is 5.75. The summed E-state index contributed by atoms with van der Waals surface area (Å²) in [5, 5.41) is 0. The van der Waals surface area contributed by atoms with Crippen LogP contribution in [-0.2, 0) is 22.5 Å². The Morgan fingerprint density at radius 1 is 1.56 bits per heavy atom. The zero-order valence-electron chi connectivity index (χ0n) is 10.4. The third-order valence-corrected chi connectivity index (χ3v) is 2.94. The van der Waals surface area contributed by atoms with Crippen molar-refractivity contribution in [3.05, 3.63) is 23.0 Å². The van der Waals surface area contributed by atoms with Crippen LogP contribution in [0.3, 0.4) is 0 Å². The van der Waals surface area contributed by atoms with E-state index in [-0.39, 0.29) is 5.97 Å². The Kier molecular flexibility index (Phi) is 4.12. The van der Waals surface area contributed by atoms with Crippen molar-refractivity contribution in [1.82, 2.24) is 4.57 Å². The van der Waals surface area contributed by atoms with Gasteiger partial charge in [0.1, 0.15) is 6.04 Å². The molecule has 4 nitrogen and oxygen atoms in total. The van der Waals surface area contributed by atoms with Gasteiger partial charge in [-0.15, -0.1) is 0 Å². The number of carbonyl (C=O) groups is 1. The van der Waals surface area contributed by atoms with Crippen LogP contribution in [0.15, 0.2) is 6.07 Å². The lowest BCUT2D eigenvalue weighted by molar-refractivity contribution is -0.142. The number of nitrogens with zero attached hydrogens (tertiary/aromatic N) is 1. The maximum Gasteiger partial charge on any atom is 0.322 e. The predicted octanol–water partition coefficient (Wildman–Crippen LogP) is 1.17. The van der Waals surface area contributed by atoms with Crippen molar-refractivity contribution in [2.24, 2.45) is 5.73 Å². The van der Waals surface area contributed by atoms with E-state index in [2.05, 4.69) is 36.1 Å². The summed E-state index contributed by atoms with van der Waals surface area (Å²) >= 11 is 0. The maximum atomic E-state index is 11.2. The van der Waals surface area contributed by atoms with Crippen LogP contribution >= 0.6 is 0 Å². The molecule has 4 heteroatoms. The standard InChI is InChI=1S/C12H20N2O2/c1-5-14-8(2)6-10(9(14)3)7-11(13)12(15)16-4/h6,11H,5,7,13H2,1-4H3. The van der Waals surface area contributed by atoms with E-state index in [4.69, 9.17) is 5.73 Å². The second-order valence-corrected chi connectivity index (χ2v) is 3.97. The Hall–Kier alpha value is -1.29. The van der Waals surface area contributed by atoms with Gasteiger partial charge in [0, 0.05) is 17.9 Å². The average molecular weight is 224 g/mol. The number of aromatic nitrogens is 1. The molecule has 16 heavy (non-hydrogen) atoms. The highest BCUT2D eigenvalue weighted by Crippen LogP contribution is 2.16. The molecule has 1 unspecified atom stereocenters. The number of carbonyl (C=O) groups excluding carboxylic acids is 1. The van der Waals surface area contributed by atoms with Crippen molar-refractivity contribution in [1.29, 1.82) is 0 Å². The number of nitrogens with two attached hydrogens (primary N) is 1. The smallest absolute Gasteiger partial charge is 0.322 e. The number of aryl methyl sites for hydroxylation is 1. The molecule has 0 aromatic carbocycles. The van der Waals surface area contributed by atoms with Gasteiger partial charge in [-0.05, 0) is 38.8 Å². The molecule has 2 N–H and O–H groups in total. The van der Waals surface area contributed by atoms with E-state index in [0.29, 0.717) is 6.42 Å². The zero-order chi connectivity index (χ0) is 12.3. The van der Waals surface area contributed by atoms with Crippen LogP contribution in [0.5, 0.6) is 0 Å². The molecule has 0 saturated carbocycles. The number of ether oxygens (including phenoxy) is 1. The lowest BCUT2D eigenvalue weighted by Crippen LogP contribution is -2.33. The van der Waals surface area contributed by atoms with Crippen LogP contribution in [0.4, 0.5) is 0 Å². The van der Waals surface area contributed by atoms with Gasteiger partial charge in [0.15, 0.2) is 0 Å². The summed E-state index contributed by atoms with van der Waals surface area (Å²) < 4.78 is 6.82. The van der Waals surface area contributed by atoms with Gasteiger partial charge in [0.25, 0.3) is 0 Å². The largest absolute Gasteiger partial charge is 0.468 e. The minimum atomic E-state index is -0.573. The molecule has 0 radical (unpaired) electrons. The minimum absolute atomic E-state index is 0.360. The lowest BCUT2D eigenvalue weighted by Gasteiger charge is -2.10. The van der Waals surface area contributed by atoms with Crippen molar-refractivity contribution in [3.8, 4) is 0 Å². The molecule has 0 spiro atoms. The summed E-state index contributed by atoms with van der Waals surface area (Å²) in [6, 6.07) is 1.51. The van der Waals surface area contributed by atoms with Crippen LogP contribution < -0.4 is 5.73 Å². The molecule has 1 aromatic heterocycles. The Labute approximate surface area is 96.4 Å². The first-order valence-electron chi connectivity index (χ1n) is 5.50. The fourth-order valence-corrected chi connectivity index (χ4v) is 2.04. The summed E-state index contributed by atoms with van der Waals surface area (Å²) in [4.78, 5) is 11.2. The molecule has 0 amide bonds. The van der Waals surface area contributed by atoms with E-state index in [1.54, 1.807) is 0 Å². The lowest BCUT2D eigenvalue weighted by atomic mass is 10.1. The molecule has 0 aliphatic carbocycles. The van der Waals surface area contributed by atoms with Gasteiger partial charge in [0.05, 0.1) is 7.11 Å². The SMILES string of the molecule is CCn1c(C)cc(CC(N)C(=O)OC)c1C. The second kappa shape index (κ2) is 5.16. The van der Waals surface area contributed by atoms with E-state index in [0.717, 1.165) is 12.1 Å². The Morgan fingerprint density at radius 2 is 2.19 bits per heavy atom. The van der Waals surface area contributed by atoms with Gasteiger partial charge in [-0.2, -0.15) is 0 Å². The molecule has 0 saturated heterocycles. The molecule has 90 valence electrons. The van der Waals surface area contributed by atoms with Crippen molar-refractivity contribution in [2.45, 2.75) is 39.8 Å². The first-order chi connectivity index (χ1) is 7.51. The van der Waals surface area contributed by atoms with Gasteiger partial charge in [-0.25, -0.2) is 0 Å². The molecule has 1 atom stereocenters. The van der Waals surface area contributed by atoms with Gasteiger partial charge in [0.2, 0.25) is 0 Å². The molecule has 0 fully saturated rings. The number of methoxy groups -OCH3 is 1. The van der Waals surface area contributed by atoms with E-state index in [9.17, 15) is 4.79 Å². The molecule has 1 aromatic rings. The monoisotopic (exact) mass is 224 g/mol. The average Bonchev–Trinajstić information content (AvgIpc) is 2.52. The van der Waals surface area contributed by atoms with Gasteiger partial charge < -0.3 is 15.0 Å². The maximum absolute atomic E-state index is 11.2. The summed E-state index contributed by atoms with van der Waals surface area (Å²) in [7, 11) is 1.36. The third kappa shape index (κ3) is 2.44. The fraction of sp³-hybridized carbons (Fsp3) is 0.583. The Morgan fingerprint density at radius 3 is 2.62 bits per heavy atom. The zero-order valence-corrected chi connectivity index (χ0v) is 10.4. The Bertz CT molecular complexity index is 383. The number of hydrogen-bond acceptors (Lipinski definition) is 3. The van der Waals surface area contributed by atoms with E-state index in [1.807, 2.05) is 0 Å². The van der Waals surface area contributed by atoms with Crippen LogP contribution in [0.2, 0.25) is 0 Å². The van der Waals surface area contributed by atoms with Gasteiger partial charge >= 0.3 is 5.97 Å². The van der Waals surface area contributed by atoms with Crippen LogP contribution in [0.1, 0.15) is 23.9 Å². The number of rotatable bonds is 4. The summed E-state index contributed by atoms with van der Waals surface area (Å²) in [5.41, 5.74) is 9.25. The van der Waals surface area contributed by atoms with E-state index in [1.165, 1.54) is 18.5 Å². The van der Waals surface area contributed by atoms with Crippen LogP contribution in [0.25, 0.3) is 0 Å². The summed E-state index contributed by atoms with van der Waals surface area (Å²) in [6.07, 6.45) is 0.534. The van der Waals surface area contributed by atoms with Crippen molar-refractivity contribution in [3.63, 3.8) is 0 Å². The first-order valence-corrected chi connectivity index (χ1v) is 5.50. The quantitative estimate of drug-likeness (QED) is 0.781. The van der Waals surface area contributed by atoms with Gasteiger partial charge in [-0.1, -0.05) is 0 Å². The third-order valence-electron chi connectivity index (χ3n) is 2.94. The van der Waals surface area contributed by atoms with E-state index < -0.39 is 6.04 Å².